The normalized spacial score (nSPS) is 18.2. The maximum Gasteiger partial charge on any atom is 0.356 e. The van der Waals surface area contributed by atoms with Crippen LogP contribution in [0.15, 0.2) is 18.2 Å². The van der Waals surface area contributed by atoms with Crippen LogP contribution in [0.1, 0.15) is 29.5 Å². The van der Waals surface area contributed by atoms with Gasteiger partial charge in [0.15, 0.2) is 0 Å². The highest BCUT2D eigenvalue weighted by atomic mass is 16.5. The average Bonchev–Trinajstić information content (AvgIpc) is 2.36. The lowest BCUT2D eigenvalue weighted by Crippen LogP contribution is -2.60. The van der Waals surface area contributed by atoms with E-state index >= 15 is 0 Å². The fraction of sp³-hybridized carbons (Fsp3) is 0.538. The Bertz CT molecular complexity index is 442. The molecule has 1 aromatic rings. The highest BCUT2D eigenvalue weighted by Gasteiger charge is 2.39. The smallest absolute Gasteiger partial charge is 0.356 e. The third kappa shape index (κ3) is 2.68. The molecule has 1 aromatic heterocycles. The number of aromatic nitrogens is 1. The van der Waals surface area contributed by atoms with Gasteiger partial charge in [0.05, 0.1) is 18.4 Å². The van der Waals surface area contributed by atoms with Gasteiger partial charge < -0.3 is 9.84 Å². The van der Waals surface area contributed by atoms with Crippen LogP contribution in [0.25, 0.3) is 0 Å². The van der Waals surface area contributed by atoms with Crippen LogP contribution in [0.4, 0.5) is 0 Å². The summed E-state index contributed by atoms with van der Waals surface area (Å²) in [7, 11) is 1.34. The molecule has 5 nitrogen and oxygen atoms in total. The predicted octanol–water partition coefficient (Wildman–Crippen LogP) is 0.825. The molecule has 0 amide bonds. The predicted molar refractivity (Wildman–Crippen MR) is 66.1 cm³/mol. The van der Waals surface area contributed by atoms with E-state index in [1.807, 2.05) is 13.0 Å². The molecule has 0 radical (unpaired) electrons. The number of β-amino-alcohol motifs (C(OH)–C–C–N with tert-alkyl or cyclic N) is 1. The maximum atomic E-state index is 11.3. The Labute approximate surface area is 106 Å². The molecule has 5 heteroatoms. The summed E-state index contributed by atoms with van der Waals surface area (Å²) in [6.07, 6.45) is 0.763. The molecule has 1 N–H and O–H groups in total. The van der Waals surface area contributed by atoms with Gasteiger partial charge in [0.1, 0.15) is 5.69 Å². The average molecular weight is 250 g/mol. The molecule has 1 aliphatic heterocycles. The zero-order chi connectivity index (χ0) is 13.2. The number of hydrogen-bond donors (Lipinski definition) is 1. The van der Waals surface area contributed by atoms with Gasteiger partial charge in [-0.1, -0.05) is 13.0 Å². The maximum absolute atomic E-state index is 11.3. The first-order chi connectivity index (χ1) is 8.56. The number of carbonyl (C=O) groups excluding carboxylic acids is 1. The summed E-state index contributed by atoms with van der Waals surface area (Å²) in [5.74, 6) is -0.425. The van der Waals surface area contributed by atoms with Crippen molar-refractivity contribution in [1.29, 1.82) is 0 Å². The van der Waals surface area contributed by atoms with E-state index in [0.717, 1.165) is 12.1 Å². The molecule has 2 rings (SSSR count). The number of likely N-dealkylation sites (tertiary alicyclic amines) is 1. The van der Waals surface area contributed by atoms with E-state index in [9.17, 15) is 9.90 Å². The Morgan fingerprint density at radius 1 is 1.56 bits per heavy atom. The van der Waals surface area contributed by atoms with Crippen LogP contribution in [-0.2, 0) is 11.3 Å². The van der Waals surface area contributed by atoms with Crippen molar-refractivity contribution in [3.05, 3.63) is 29.6 Å². The van der Waals surface area contributed by atoms with Gasteiger partial charge in [-0.3, -0.25) is 4.90 Å². The van der Waals surface area contributed by atoms with Crippen LogP contribution in [0.5, 0.6) is 0 Å². The van der Waals surface area contributed by atoms with Gasteiger partial charge in [-0.05, 0) is 18.6 Å². The standard InChI is InChI=1S/C13H18N2O3/c1-3-13(17)8-15(9-13)7-10-5-4-6-11(14-10)12(16)18-2/h4-6,17H,3,7-9H2,1-2H3. The fourth-order valence-electron chi connectivity index (χ4n) is 2.14. The van der Waals surface area contributed by atoms with Crippen molar-refractivity contribution in [3.63, 3.8) is 0 Å². The van der Waals surface area contributed by atoms with Gasteiger partial charge in [0.25, 0.3) is 0 Å². The van der Waals surface area contributed by atoms with Crippen LogP contribution in [0.3, 0.4) is 0 Å². The summed E-state index contributed by atoms with van der Waals surface area (Å²) in [6.45, 7) is 3.95. The largest absolute Gasteiger partial charge is 0.464 e. The Morgan fingerprint density at radius 3 is 2.89 bits per heavy atom. The topological polar surface area (TPSA) is 62.7 Å². The van der Waals surface area contributed by atoms with Gasteiger partial charge in [-0.25, -0.2) is 9.78 Å². The number of carbonyl (C=O) groups is 1. The second kappa shape index (κ2) is 5.04. The number of ether oxygens (including phenoxy) is 1. The zero-order valence-electron chi connectivity index (χ0n) is 10.7. The summed E-state index contributed by atoms with van der Waals surface area (Å²) in [6, 6.07) is 5.30. The first-order valence-corrected chi connectivity index (χ1v) is 6.05. The fourth-order valence-corrected chi connectivity index (χ4v) is 2.14. The Hall–Kier alpha value is -1.46. The highest BCUT2D eigenvalue weighted by molar-refractivity contribution is 5.87. The molecule has 98 valence electrons. The molecule has 0 spiro atoms. The molecule has 0 saturated carbocycles. The van der Waals surface area contributed by atoms with E-state index in [0.29, 0.717) is 25.3 Å². The van der Waals surface area contributed by atoms with Crippen molar-refractivity contribution in [1.82, 2.24) is 9.88 Å². The lowest BCUT2D eigenvalue weighted by molar-refractivity contribution is -0.103. The van der Waals surface area contributed by atoms with Crippen molar-refractivity contribution >= 4 is 5.97 Å². The molecule has 0 aromatic carbocycles. The van der Waals surface area contributed by atoms with E-state index in [1.54, 1.807) is 12.1 Å². The first-order valence-electron chi connectivity index (χ1n) is 6.05. The number of esters is 1. The number of aliphatic hydroxyl groups is 1. The summed E-state index contributed by atoms with van der Waals surface area (Å²) in [4.78, 5) is 17.7. The Kier molecular flexibility index (Phi) is 3.63. The summed E-state index contributed by atoms with van der Waals surface area (Å²) >= 11 is 0. The molecule has 0 atom stereocenters. The van der Waals surface area contributed by atoms with Crippen LogP contribution in [0.2, 0.25) is 0 Å². The van der Waals surface area contributed by atoms with Crippen LogP contribution >= 0.6 is 0 Å². The lowest BCUT2D eigenvalue weighted by Gasteiger charge is -2.46. The van der Waals surface area contributed by atoms with Gasteiger partial charge in [-0.15, -0.1) is 0 Å². The minimum absolute atomic E-state index is 0.321. The quantitative estimate of drug-likeness (QED) is 0.802. The van der Waals surface area contributed by atoms with Gasteiger partial charge in [-0.2, -0.15) is 0 Å². The van der Waals surface area contributed by atoms with Gasteiger partial charge >= 0.3 is 5.97 Å². The minimum atomic E-state index is -0.542. The molecule has 18 heavy (non-hydrogen) atoms. The molecule has 2 heterocycles. The SMILES string of the molecule is CCC1(O)CN(Cc2cccc(C(=O)OC)n2)C1. The molecule has 1 aliphatic rings. The van der Waals surface area contributed by atoms with Crippen LogP contribution < -0.4 is 0 Å². The van der Waals surface area contributed by atoms with Crippen LogP contribution in [0, 0.1) is 0 Å². The van der Waals surface area contributed by atoms with Crippen molar-refractivity contribution in [2.75, 3.05) is 20.2 Å². The Balaban J connectivity index is 1.97. The van der Waals surface area contributed by atoms with E-state index in [4.69, 9.17) is 0 Å². The second-order valence-corrected chi connectivity index (χ2v) is 4.73. The lowest BCUT2D eigenvalue weighted by atomic mass is 9.91. The molecule has 1 saturated heterocycles. The number of rotatable bonds is 4. The van der Waals surface area contributed by atoms with Crippen molar-refractivity contribution in [2.24, 2.45) is 0 Å². The van der Waals surface area contributed by atoms with Crippen molar-refractivity contribution in [3.8, 4) is 0 Å². The third-order valence-corrected chi connectivity index (χ3v) is 3.28. The summed E-state index contributed by atoms with van der Waals surface area (Å²) < 4.78 is 4.63. The molecule has 0 unspecified atom stereocenters. The number of methoxy groups -OCH3 is 1. The molecule has 1 fully saturated rings. The molecule has 0 aliphatic carbocycles. The third-order valence-electron chi connectivity index (χ3n) is 3.28. The molecular weight excluding hydrogens is 232 g/mol. The second-order valence-electron chi connectivity index (χ2n) is 4.73. The molecule has 0 bridgehead atoms. The monoisotopic (exact) mass is 250 g/mol. The van der Waals surface area contributed by atoms with Gasteiger partial charge in [0.2, 0.25) is 0 Å². The van der Waals surface area contributed by atoms with E-state index < -0.39 is 11.6 Å². The highest BCUT2D eigenvalue weighted by Crippen LogP contribution is 2.25. The van der Waals surface area contributed by atoms with Crippen molar-refractivity contribution in [2.45, 2.75) is 25.5 Å². The minimum Gasteiger partial charge on any atom is -0.464 e. The van der Waals surface area contributed by atoms with Crippen molar-refractivity contribution < 1.29 is 14.6 Å². The number of nitrogens with zero attached hydrogens (tertiary/aromatic N) is 2. The first kappa shape index (κ1) is 13.0. The zero-order valence-corrected chi connectivity index (χ0v) is 10.7. The number of hydrogen-bond acceptors (Lipinski definition) is 5. The molecular formula is C13H18N2O3. The van der Waals surface area contributed by atoms with E-state index in [-0.39, 0.29) is 0 Å². The van der Waals surface area contributed by atoms with Crippen LogP contribution in [-0.4, -0.2) is 46.8 Å². The summed E-state index contributed by atoms with van der Waals surface area (Å²) in [5, 5.41) is 9.91. The number of pyridine rings is 1. The van der Waals surface area contributed by atoms with Gasteiger partial charge in [0, 0.05) is 19.6 Å². The van der Waals surface area contributed by atoms with E-state index in [2.05, 4.69) is 14.6 Å². The Morgan fingerprint density at radius 2 is 2.28 bits per heavy atom. The summed E-state index contributed by atoms with van der Waals surface area (Å²) in [5.41, 5.74) is 0.595. The van der Waals surface area contributed by atoms with E-state index in [1.165, 1.54) is 7.11 Å².